The Kier molecular flexibility index (Phi) is 5.29. The van der Waals surface area contributed by atoms with Crippen LogP contribution in [-0.4, -0.2) is 23.6 Å². The SMILES string of the molecule is CC(C)CCN(C)Cc1ccc(O)c(Br)c1. The zero-order valence-electron chi connectivity index (χ0n) is 10.2. The number of benzene rings is 1. The maximum Gasteiger partial charge on any atom is 0.129 e. The molecule has 0 radical (unpaired) electrons. The lowest BCUT2D eigenvalue weighted by atomic mass is 10.1. The van der Waals surface area contributed by atoms with Gasteiger partial charge in [0.05, 0.1) is 4.47 Å². The fraction of sp³-hybridized carbons (Fsp3) is 0.538. The molecule has 1 rings (SSSR count). The van der Waals surface area contributed by atoms with E-state index in [-0.39, 0.29) is 0 Å². The molecule has 2 nitrogen and oxygen atoms in total. The van der Waals surface area contributed by atoms with Crippen LogP contribution in [0.15, 0.2) is 22.7 Å². The van der Waals surface area contributed by atoms with E-state index in [9.17, 15) is 5.11 Å². The Labute approximate surface area is 106 Å². The topological polar surface area (TPSA) is 23.5 Å². The molecule has 0 fully saturated rings. The van der Waals surface area contributed by atoms with E-state index in [1.165, 1.54) is 12.0 Å². The smallest absolute Gasteiger partial charge is 0.129 e. The lowest BCUT2D eigenvalue weighted by Gasteiger charge is -2.18. The maximum absolute atomic E-state index is 9.39. The number of hydrogen-bond donors (Lipinski definition) is 1. The zero-order valence-corrected chi connectivity index (χ0v) is 11.8. The van der Waals surface area contributed by atoms with Crippen LogP contribution in [0.3, 0.4) is 0 Å². The summed E-state index contributed by atoms with van der Waals surface area (Å²) in [7, 11) is 2.13. The molecule has 0 heterocycles. The van der Waals surface area contributed by atoms with Crippen LogP contribution in [0.2, 0.25) is 0 Å². The second kappa shape index (κ2) is 6.26. The molecule has 0 amide bonds. The van der Waals surface area contributed by atoms with E-state index in [2.05, 4.69) is 41.7 Å². The first-order valence-electron chi connectivity index (χ1n) is 5.65. The molecule has 0 bridgehead atoms. The van der Waals surface area contributed by atoms with E-state index in [1.807, 2.05) is 12.1 Å². The number of halogens is 1. The molecule has 0 spiro atoms. The van der Waals surface area contributed by atoms with Gasteiger partial charge in [0, 0.05) is 6.54 Å². The predicted octanol–water partition coefficient (Wildman–Crippen LogP) is 3.63. The van der Waals surface area contributed by atoms with Crippen molar-refractivity contribution in [3.8, 4) is 5.75 Å². The summed E-state index contributed by atoms with van der Waals surface area (Å²) in [4.78, 5) is 2.30. The average molecular weight is 286 g/mol. The fourth-order valence-corrected chi connectivity index (χ4v) is 1.94. The van der Waals surface area contributed by atoms with Crippen molar-refractivity contribution in [3.05, 3.63) is 28.2 Å². The molecular weight excluding hydrogens is 266 g/mol. The third-order valence-electron chi connectivity index (χ3n) is 2.55. The molecule has 3 heteroatoms. The van der Waals surface area contributed by atoms with Crippen molar-refractivity contribution in [1.29, 1.82) is 0 Å². The van der Waals surface area contributed by atoms with E-state index in [0.717, 1.165) is 23.5 Å². The van der Waals surface area contributed by atoms with Gasteiger partial charge in [-0.25, -0.2) is 0 Å². The first-order chi connectivity index (χ1) is 7.49. The van der Waals surface area contributed by atoms with Gasteiger partial charge >= 0.3 is 0 Å². The number of phenolic OH excluding ortho intramolecular Hbond substituents is 1. The van der Waals surface area contributed by atoms with Crippen molar-refractivity contribution in [1.82, 2.24) is 4.90 Å². The Bertz CT molecular complexity index is 339. The van der Waals surface area contributed by atoms with Gasteiger partial charge in [0.2, 0.25) is 0 Å². The fourth-order valence-electron chi connectivity index (χ4n) is 1.52. The van der Waals surface area contributed by atoms with Gasteiger partial charge in [-0.05, 0) is 59.6 Å². The predicted molar refractivity (Wildman–Crippen MR) is 71.6 cm³/mol. The summed E-state index contributed by atoms with van der Waals surface area (Å²) in [5, 5.41) is 9.39. The lowest BCUT2D eigenvalue weighted by Crippen LogP contribution is -2.20. The summed E-state index contributed by atoms with van der Waals surface area (Å²) >= 11 is 3.33. The van der Waals surface area contributed by atoms with Gasteiger partial charge in [0.1, 0.15) is 5.75 Å². The van der Waals surface area contributed by atoms with Crippen molar-refractivity contribution in [3.63, 3.8) is 0 Å². The zero-order chi connectivity index (χ0) is 12.1. The van der Waals surface area contributed by atoms with Gasteiger partial charge < -0.3 is 10.0 Å². The number of rotatable bonds is 5. The Morgan fingerprint density at radius 2 is 2.06 bits per heavy atom. The molecule has 90 valence electrons. The Balaban J connectivity index is 2.49. The van der Waals surface area contributed by atoms with E-state index in [4.69, 9.17) is 0 Å². The molecule has 1 aromatic carbocycles. The van der Waals surface area contributed by atoms with Gasteiger partial charge in [-0.1, -0.05) is 19.9 Å². The summed E-state index contributed by atoms with van der Waals surface area (Å²) in [5.74, 6) is 1.04. The molecule has 0 aromatic heterocycles. The molecule has 1 aromatic rings. The monoisotopic (exact) mass is 285 g/mol. The number of aromatic hydroxyl groups is 1. The second-order valence-electron chi connectivity index (χ2n) is 4.71. The third kappa shape index (κ3) is 4.54. The molecule has 1 N–H and O–H groups in total. The maximum atomic E-state index is 9.39. The summed E-state index contributed by atoms with van der Waals surface area (Å²) in [6.07, 6.45) is 1.22. The average Bonchev–Trinajstić information content (AvgIpc) is 2.21. The first-order valence-corrected chi connectivity index (χ1v) is 6.44. The standard InChI is InChI=1S/C13H20BrNO/c1-10(2)6-7-15(3)9-11-4-5-13(16)12(14)8-11/h4-5,8,10,16H,6-7,9H2,1-3H3. The second-order valence-corrected chi connectivity index (χ2v) is 5.56. The van der Waals surface area contributed by atoms with E-state index in [1.54, 1.807) is 6.07 Å². The molecule has 0 aliphatic rings. The van der Waals surface area contributed by atoms with Crippen LogP contribution < -0.4 is 0 Å². The van der Waals surface area contributed by atoms with Gasteiger partial charge in [0.25, 0.3) is 0 Å². The van der Waals surface area contributed by atoms with Crippen LogP contribution in [0.4, 0.5) is 0 Å². The summed E-state index contributed by atoms with van der Waals surface area (Å²) in [6.45, 7) is 6.51. The lowest BCUT2D eigenvalue weighted by molar-refractivity contribution is 0.303. The minimum atomic E-state index is 0.300. The van der Waals surface area contributed by atoms with Crippen molar-refractivity contribution in [2.75, 3.05) is 13.6 Å². The highest BCUT2D eigenvalue weighted by molar-refractivity contribution is 9.10. The Hall–Kier alpha value is -0.540. The van der Waals surface area contributed by atoms with Gasteiger partial charge in [-0.3, -0.25) is 0 Å². The summed E-state index contributed by atoms with van der Waals surface area (Å²) in [5.41, 5.74) is 1.22. The van der Waals surface area contributed by atoms with Gasteiger partial charge in [-0.2, -0.15) is 0 Å². The van der Waals surface area contributed by atoms with Gasteiger partial charge in [-0.15, -0.1) is 0 Å². The Morgan fingerprint density at radius 1 is 1.38 bits per heavy atom. The highest BCUT2D eigenvalue weighted by Crippen LogP contribution is 2.24. The van der Waals surface area contributed by atoms with Crippen molar-refractivity contribution in [2.45, 2.75) is 26.8 Å². The van der Waals surface area contributed by atoms with Crippen LogP contribution in [0.1, 0.15) is 25.8 Å². The molecule has 0 saturated carbocycles. The number of nitrogens with zero attached hydrogens (tertiary/aromatic N) is 1. The third-order valence-corrected chi connectivity index (χ3v) is 3.19. The van der Waals surface area contributed by atoms with Crippen molar-refractivity contribution >= 4 is 15.9 Å². The van der Waals surface area contributed by atoms with E-state index in [0.29, 0.717) is 5.75 Å². The molecule has 0 aliphatic carbocycles. The highest BCUT2D eigenvalue weighted by atomic mass is 79.9. The molecular formula is C13H20BrNO. The van der Waals surface area contributed by atoms with Crippen LogP contribution in [0.25, 0.3) is 0 Å². The molecule has 0 aliphatic heterocycles. The summed E-state index contributed by atoms with van der Waals surface area (Å²) < 4.78 is 0.766. The van der Waals surface area contributed by atoms with E-state index < -0.39 is 0 Å². The minimum absolute atomic E-state index is 0.300. The van der Waals surface area contributed by atoms with Crippen LogP contribution >= 0.6 is 15.9 Å². The normalized spacial score (nSPS) is 11.4. The first kappa shape index (κ1) is 13.5. The molecule has 0 atom stereocenters. The quantitative estimate of drug-likeness (QED) is 0.893. The van der Waals surface area contributed by atoms with Crippen LogP contribution in [-0.2, 0) is 6.54 Å². The highest BCUT2D eigenvalue weighted by Gasteiger charge is 2.04. The molecule has 0 unspecified atom stereocenters. The van der Waals surface area contributed by atoms with Crippen LogP contribution in [0, 0.1) is 5.92 Å². The Morgan fingerprint density at radius 3 is 2.62 bits per heavy atom. The number of hydrogen-bond acceptors (Lipinski definition) is 2. The summed E-state index contributed by atoms with van der Waals surface area (Å²) in [6, 6.07) is 5.67. The number of phenols is 1. The molecule has 0 saturated heterocycles. The van der Waals surface area contributed by atoms with E-state index >= 15 is 0 Å². The van der Waals surface area contributed by atoms with Gasteiger partial charge in [0.15, 0.2) is 0 Å². The minimum Gasteiger partial charge on any atom is -0.507 e. The van der Waals surface area contributed by atoms with Crippen LogP contribution in [0.5, 0.6) is 5.75 Å². The van der Waals surface area contributed by atoms with Crippen molar-refractivity contribution in [2.24, 2.45) is 5.92 Å². The largest absolute Gasteiger partial charge is 0.507 e. The van der Waals surface area contributed by atoms with Crippen molar-refractivity contribution < 1.29 is 5.11 Å². The molecule has 16 heavy (non-hydrogen) atoms.